The second-order valence-electron chi connectivity index (χ2n) is 2.93. The van der Waals surface area contributed by atoms with Crippen molar-refractivity contribution in [2.24, 2.45) is 14.1 Å². The van der Waals surface area contributed by atoms with Gasteiger partial charge in [0.05, 0.1) is 6.54 Å². The van der Waals surface area contributed by atoms with Gasteiger partial charge in [-0.2, -0.15) is 0 Å². The summed E-state index contributed by atoms with van der Waals surface area (Å²) in [5, 5.41) is 14.1. The summed E-state index contributed by atoms with van der Waals surface area (Å²) < 4.78 is 3.51. The summed E-state index contributed by atoms with van der Waals surface area (Å²) >= 11 is 0. The van der Waals surface area contributed by atoms with Gasteiger partial charge in [0.1, 0.15) is 5.82 Å². The molecule has 2 aromatic heterocycles. The molecule has 0 spiro atoms. The van der Waals surface area contributed by atoms with Gasteiger partial charge in [-0.3, -0.25) is 0 Å². The standard InChI is InChI=1S/C7H11N7/c1-13-4-3-8-6(13)5-9-7-10-11-12-14(7)2/h3-4H,5H2,1-2H3,(H,9,10,12). The number of aromatic nitrogens is 6. The Labute approximate surface area is 80.8 Å². The summed E-state index contributed by atoms with van der Waals surface area (Å²) in [6.07, 6.45) is 3.65. The Kier molecular flexibility index (Phi) is 2.13. The lowest BCUT2D eigenvalue weighted by Crippen LogP contribution is -2.09. The van der Waals surface area contributed by atoms with Crippen molar-refractivity contribution in [2.45, 2.75) is 6.54 Å². The summed E-state index contributed by atoms with van der Waals surface area (Å²) in [6, 6.07) is 0. The molecule has 1 N–H and O–H groups in total. The number of aryl methyl sites for hydroxylation is 2. The van der Waals surface area contributed by atoms with Crippen molar-refractivity contribution in [2.75, 3.05) is 5.32 Å². The number of rotatable bonds is 3. The molecule has 0 aromatic carbocycles. The molecule has 2 heterocycles. The van der Waals surface area contributed by atoms with Crippen LogP contribution >= 0.6 is 0 Å². The molecule has 2 rings (SSSR count). The highest BCUT2D eigenvalue weighted by Gasteiger charge is 2.02. The van der Waals surface area contributed by atoms with E-state index in [0.717, 1.165) is 5.82 Å². The van der Waals surface area contributed by atoms with Gasteiger partial charge in [-0.1, -0.05) is 5.10 Å². The van der Waals surface area contributed by atoms with Crippen molar-refractivity contribution in [3.63, 3.8) is 0 Å². The molecule has 0 aliphatic rings. The van der Waals surface area contributed by atoms with Gasteiger partial charge in [0.25, 0.3) is 0 Å². The third-order valence-electron chi connectivity index (χ3n) is 1.95. The number of nitrogens with one attached hydrogen (secondary N) is 1. The third kappa shape index (κ3) is 1.56. The van der Waals surface area contributed by atoms with Crippen LogP contribution in [0, 0.1) is 0 Å². The van der Waals surface area contributed by atoms with E-state index >= 15 is 0 Å². The maximum absolute atomic E-state index is 4.17. The first-order chi connectivity index (χ1) is 6.77. The van der Waals surface area contributed by atoms with Gasteiger partial charge >= 0.3 is 0 Å². The van der Waals surface area contributed by atoms with Crippen LogP contribution in [0.1, 0.15) is 5.82 Å². The fraction of sp³-hybridized carbons (Fsp3) is 0.429. The molecule has 14 heavy (non-hydrogen) atoms. The van der Waals surface area contributed by atoms with Crippen LogP contribution in [0.4, 0.5) is 5.95 Å². The number of tetrazole rings is 1. The van der Waals surface area contributed by atoms with Gasteiger partial charge in [-0.15, -0.1) is 0 Å². The van der Waals surface area contributed by atoms with E-state index in [0.29, 0.717) is 12.5 Å². The third-order valence-corrected chi connectivity index (χ3v) is 1.95. The first-order valence-electron chi connectivity index (χ1n) is 4.20. The molecule has 0 amide bonds. The Morgan fingerprint density at radius 3 is 2.86 bits per heavy atom. The van der Waals surface area contributed by atoms with E-state index in [-0.39, 0.29) is 0 Å². The predicted molar refractivity (Wildman–Crippen MR) is 49.3 cm³/mol. The Morgan fingerprint density at radius 2 is 2.29 bits per heavy atom. The molecule has 0 saturated carbocycles. The van der Waals surface area contributed by atoms with Crippen molar-refractivity contribution in [3.8, 4) is 0 Å². The van der Waals surface area contributed by atoms with Crippen molar-refractivity contribution in [1.29, 1.82) is 0 Å². The lowest BCUT2D eigenvalue weighted by Gasteiger charge is -2.03. The van der Waals surface area contributed by atoms with Crippen LogP contribution in [-0.4, -0.2) is 29.8 Å². The van der Waals surface area contributed by atoms with Crippen LogP contribution in [0.2, 0.25) is 0 Å². The van der Waals surface area contributed by atoms with E-state index in [2.05, 4.69) is 25.8 Å². The molecule has 0 aliphatic heterocycles. The van der Waals surface area contributed by atoms with Gasteiger partial charge < -0.3 is 9.88 Å². The summed E-state index contributed by atoms with van der Waals surface area (Å²) in [4.78, 5) is 4.17. The van der Waals surface area contributed by atoms with Crippen LogP contribution in [0.15, 0.2) is 12.4 Å². The average Bonchev–Trinajstić information content (AvgIpc) is 2.72. The lowest BCUT2D eigenvalue weighted by molar-refractivity contribution is 0.709. The summed E-state index contributed by atoms with van der Waals surface area (Å²) in [5.41, 5.74) is 0. The molecule has 7 nitrogen and oxygen atoms in total. The Morgan fingerprint density at radius 1 is 1.43 bits per heavy atom. The Hall–Kier alpha value is -1.92. The van der Waals surface area contributed by atoms with E-state index in [1.807, 2.05) is 17.8 Å². The molecule has 0 fully saturated rings. The predicted octanol–water partition coefficient (Wildman–Crippen LogP) is -0.444. The zero-order valence-corrected chi connectivity index (χ0v) is 8.05. The molecule has 0 bridgehead atoms. The fourth-order valence-electron chi connectivity index (χ4n) is 1.10. The normalized spacial score (nSPS) is 10.4. The van der Waals surface area contributed by atoms with E-state index in [1.54, 1.807) is 17.9 Å². The van der Waals surface area contributed by atoms with Crippen molar-refractivity contribution in [3.05, 3.63) is 18.2 Å². The van der Waals surface area contributed by atoms with E-state index < -0.39 is 0 Å². The van der Waals surface area contributed by atoms with E-state index in [4.69, 9.17) is 0 Å². The zero-order chi connectivity index (χ0) is 9.97. The Balaban J connectivity index is 2.02. The summed E-state index contributed by atoms with van der Waals surface area (Å²) in [7, 11) is 3.72. The molecule has 0 aliphatic carbocycles. The van der Waals surface area contributed by atoms with Crippen molar-refractivity contribution in [1.82, 2.24) is 29.8 Å². The van der Waals surface area contributed by atoms with Crippen LogP contribution < -0.4 is 5.32 Å². The monoisotopic (exact) mass is 193 g/mol. The van der Waals surface area contributed by atoms with Gasteiger partial charge in [0, 0.05) is 26.5 Å². The lowest BCUT2D eigenvalue weighted by atomic mass is 10.6. The first kappa shape index (κ1) is 8.67. The first-order valence-corrected chi connectivity index (χ1v) is 4.20. The van der Waals surface area contributed by atoms with Gasteiger partial charge in [-0.25, -0.2) is 9.67 Å². The molecule has 2 aromatic rings. The molecule has 0 atom stereocenters. The highest BCUT2D eigenvalue weighted by molar-refractivity contribution is 5.21. The molecular weight excluding hydrogens is 182 g/mol. The minimum atomic E-state index is 0.609. The number of nitrogens with zero attached hydrogens (tertiary/aromatic N) is 6. The topological polar surface area (TPSA) is 73.5 Å². The van der Waals surface area contributed by atoms with Gasteiger partial charge in [0.2, 0.25) is 5.95 Å². The highest BCUT2D eigenvalue weighted by atomic mass is 15.6. The maximum Gasteiger partial charge on any atom is 0.243 e. The molecule has 0 saturated heterocycles. The SMILES string of the molecule is Cn1ccnc1CNc1nnnn1C. The second kappa shape index (κ2) is 3.44. The van der Waals surface area contributed by atoms with Crippen molar-refractivity contribution >= 4 is 5.95 Å². The smallest absolute Gasteiger partial charge is 0.243 e. The average molecular weight is 193 g/mol. The molecule has 7 heteroatoms. The quantitative estimate of drug-likeness (QED) is 0.715. The maximum atomic E-state index is 4.17. The Bertz CT molecular complexity index is 375. The molecule has 0 unspecified atom stereocenters. The van der Waals surface area contributed by atoms with Crippen LogP contribution in [0.3, 0.4) is 0 Å². The number of imidazole rings is 1. The minimum absolute atomic E-state index is 0.609. The van der Waals surface area contributed by atoms with Crippen LogP contribution in [-0.2, 0) is 20.6 Å². The highest BCUT2D eigenvalue weighted by Crippen LogP contribution is 2.00. The van der Waals surface area contributed by atoms with E-state index in [9.17, 15) is 0 Å². The summed E-state index contributed by atoms with van der Waals surface area (Å²) in [6.45, 7) is 0.609. The molecular formula is C7H11N7. The molecule has 0 radical (unpaired) electrons. The van der Waals surface area contributed by atoms with E-state index in [1.165, 1.54) is 0 Å². The summed E-state index contributed by atoms with van der Waals surface area (Å²) in [5.74, 6) is 1.57. The van der Waals surface area contributed by atoms with Crippen LogP contribution in [0.5, 0.6) is 0 Å². The van der Waals surface area contributed by atoms with Gasteiger partial charge in [-0.05, 0) is 10.4 Å². The fourth-order valence-corrected chi connectivity index (χ4v) is 1.10. The minimum Gasteiger partial charge on any atom is -0.346 e. The number of hydrogen-bond acceptors (Lipinski definition) is 5. The number of anilines is 1. The zero-order valence-electron chi connectivity index (χ0n) is 8.05. The van der Waals surface area contributed by atoms with Crippen LogP contribution in [0.25, 0.3) is 0 Å². The second-order valence-corrected chi connectivity index (χ2v) is 2.93. The van der Waals surface area contributed by atoms with Crippen molar-refractivity contribution < 1.29 is 0 Å². The van der Waals surface area contributed by atoms with Gasteiger partial charge in [0.15, 0.2) is 0 Å². The largest absolute Gasteiger partial charge is 0.346 e. The number of hydrogen-bond donors (Lipinski definition) is 1. The molecule has 74 valence electrons.